The number of rotatable bonds is 7. The van der Waals surface area contributed by atoms with Crippen LogP contribution in [0.1, 0.15) is 51.7 Å². The van der Waals surface area contributed by atoms with Crippen LogP contribution >= 0.6 is 11.3 Å². The van der Waals surface area contributed by atoms with Crippen LogP contribution in [0, 0.1) is 11.6 Å². The minimum absolute atomic E-state index is 0.0282. The summed E-state index contributed by atoms with van der Waals surface area (Å²) in [4.78, 5) is 39.8. The number of halogens is 2. The van der Waals surface area contributed by atoms with E-state index in [1.54, 1.807) is 12.1 Å². The van der Waals surface area contributed by atoms with Crippen molar-refractivity contribution in [2.45, 2.75) is 51.0 Å². The first-order chi connectivity index (χ1) is 19.3. The zero-order valence-electron chi connectivity index (χ0n) is 21.8. The van der Waals surface area contributed by atoms with Crippen molar-refractivity contribution in [3.63, 3.8) is 0 Å². The molecule has 0 radical (unpaired) electrons. The first-order valence-electron chi connectivity index (χ1n) is 13.0. The third-order valence-corrected chi connectivity index (χ3v) is 8.19. The summed E-state index contributed by atoms with van der Waals surface area (Å²) in [6, 6.07) is 11.3. The van der Waals surface area contributed by atoms with E-state index in [-0.39, 0.29) is 17.2 Å². The van der Waals surface area contributed by atoms with Gasteiger partial charge in [-0.25, -0.2) is 13.6 Å². The van der Waals surface area contributed by atoms with Crippen LogP contribution in [0.25, 0.3) is 0 Å². The number of fused-ring (bicyclic) bond motifs is 1. The molecule has 8 nitrogen and oxygen atoms in total. The standard InChI is InChI=1S/C29H28F2N2O6S/c1-17(32-28(36)37-16-18-6-3-2-4-7-18)26(35)33-27-23(25(34)24-20(30)8-5-9-21(24)31)19-10-12-29(38-14-15-39-29)13-11-22(19)40-27/h2-9,17H,10-16H2,1H3,(H,32,36)(H,33,35). The summed E-state index contributed by atoms with van der Waals surface area (Å²) in [6.07, 6.45) is 1.06. The maximum atomic E-state index is 14.7. The van der Waals surface area contributed by atoms with Gasteiger partial charge < -0.3 is 24.8 Å². The lowest BCUT2D eigenvalue weighted by molar-refractivity contribution is -0.164. The van der Waals surface area contributed by atoms with E-state index in [4.69, 9.17) is 14.2 Å². The number of carbonyl (C=O) groups excluding carboxylic acids is 3. The molecule has 2 heterocycles. The molecule has 11 heteroatoms. The number of aryl methyl sites for hydroxylation is 1. The monoisotopic (exact) mass is 570 g/mol. The molecule has 40 heavy (non-hydrogen) atoms. The van der Waals surface area contributed by atoms with Gasteiger partial charge in [0.15, 0.2) is 5.79 Å². The van der Waals surface area contributed by atoms with Gasteiger partial charge in [-0.1, -0.05) is 36.4 Å². The van der Waals surface area contributed by atoms with Gasteiger partial charge in [0.1, 0.15) is 29.3 Å². The van der Waals surface area contributed by atoms with Crippen molar-refractivity contribution in [3.8, 4) is 0 Å². The molecule has 1 spiro atoms. The van der Waals surface area contributed by atoms with E-state index in [2.05, 4.69) is 10.6 Å². The van der Waals surface area contributed by atoms with Gasteiger partial charge in [-0.2, -0.15) is 0 Å². The highest BCUT2D eigenvalue weighted by Gasteiger charge is 2.40. The number of hydrogen-bond acceptors (Lipinski definition) is 7. The van der Waals surface area contributed by atoms with Gasteiger partial charge in [0, 0.05) is 17.7 Å². The topological polar surface area (TPSA) is 103 Å². The van der Waals surface area contributed by atoms with E-state index in [9.17, 15) is 23.2 Å². The number of nitrogens with one attached hydrogen (secondary N) is 2. The second-order valence-electron chi connectivity index (χ2n) is 9.66. The largest absolute Gasteiger partial charge is 0.445 e. The third-order valence-electron chi connectivity index (χ3n) is 6.99. The average Bonchev–Trinajstić information content (AvgIpc) is 3.50. The van der Waals surface area contributed by atoms with Crippen LogP contribution in [0.4, 0.5) is 18.6 Å². The van der Waals surface area contributed by atoms with E-state index in [1.165, 1.54) is 24.3 Å². The fraction of sp³-hybridized carbons (Fsp3) is 0.345. The predicted octanol–water partition coefficient (Wildman–Crippen LogP) is 5.13. The molecule has 3 aromatic rings. The van der Waals surface area contributed by atoms with Crippen molar-refractivity contribution in [3.05, 3.63) is 87.3 Å². The van der Waals surface area contributed by atoms with Crippen LogP contribution in [-0.2, 0) is 38.5 Å². The van der Waals surface area contributed by atoms with Crippen LogP contribution in [0.5, 0.6) is 0 Å². The van der Waals surface area contributed by atoms with Gasteiger partial charge in [0.2, 0.25) is 11.7 Å². The molecule has 2 aliphatic rings. The Balaban J connectivity index is 1.37. The Morgan fingerprint density at radius 2 is 1.65 bits per heavy atom. The van der Waals surface area contributed by atoms with Crippen molar-refractivity contribution in [1.29, 1.82) is 0 Å². The number of ether oxygens (including phenoxy) is 3. The molecule has 2 N–H and O–H groups in total. The number of hydrogen-bond donors (Lipinski definition) is 2. The Labute approximate surface area is 233 Å². The molecule has 210 valence electrons. The van der Waals surface area contributed by atoms with Crippen LogP contribution in [0.2, 0.25) is 0 Å². The van der Waals surface area contributed by atoms with Gasteiger partial charge in [-0.3, -0.25) is 9.59 Å². The van der Waals surface area contributed by atoms with Crippen molar-refractivity contribution in [2.75, 3.05) is 18.5 Å². The number of benzene rings is 2. The minimum Gasteiger partial charge on any atom is -0.445 e. The van der Waals surface area contributed by atoms with Crippen LogP contribution in [0.3, 0.4) is 0 Å². The summed E-state index contributed by atoms with van der Waals surface area (Å²) in [5, 5.41) is 5.33. The summed E-state index contributed by atoms with van der Waals surface area (Å²) in [6.45, 7) is 2.44. The maximum absolute atomic E-state index is 14.7. The molecule has 1 fully saturated rings. The third kappa shape index (κ3) is 5.91. The second kappa shape index (κ2) is 11.8. The number of alkyl carbamates (subject to hydrolysis) is 1. The van der Waals surface area contributed by atoms with Crippen molar-refractivity contribution in [2.24, 2.45) is 0 Å². The molecule has 5 rings (SSSR count). The lowest BCUT2D eigenvalue weighted by Gasteiger charge is -2.25. The van der Waals surface area contributed by atoms with Crippen molar-refractivity contribution >= 4 is 34.1 Å². The molecule has 1 atom stereocenters. The molecule has 1 saturated heterocycles. The molecule has 1 aliphatic carbocycles. The summed E-state index contributed by atoms with van der Waals surface area (Å²) in [5.74, 6) is -4.23. The molecule has 1 aliphatic heterocycles. The highest BCUT2D eigenvalue weighted by molar-refractivity contribution is 7.17. The summed E-state index contributed by atoms with van der Waals surface area (Å²) in [5.41, 5.74) is 0.730. The highest BCUT2D eigenvalue weighted by atomic mass is 32.1. The van der Waals surface area contributed by atoms with E-state index >= 15 is 0 Å². The number of thiophene rings is 1. The molecule has 0 bridgehead atoms. The normalized spacial score (nSPS) is 16.6. The Morgan fingerprint density at radius 3 is 2.35 bits per heavy atom. The fourth-order valence-electron chi connectivity index (χ4n) is 4.90. The Morgan fingerprint density at radius 1 is 0.975 bits per heavy atom. The molecule has 2 amide bonds. The zero-order chi connectivity index (χ0) is 28.3. The fourth-order valence-corrected chi connectivity index (χ4v) is 6.15. The predicted molar refractivity (Wildman–Crippen MR) is 143 cm³/mol. The molecule has 0 saturated carbocycles. The quantitative estimate of drug-likeness (QED) is 0.382. The van der Waals surface area contributed by atoms with Crippen LogP contribution in [0.15, 0.2) is 48.5 Å². The average molecular weight is 571 g/mol. The van der Waals surface area contributed by atoms with E-state index in [1.807, 2.05) is 18.2 Å². The highest BCUT2D eigenvalue weighted by Crippen LogP contribution is 2.43. The molecular weight excluding hydrogens is 542 g/mol. The summed E-state index contributed by atoms with van der Waals surface area (Å²) >= 11 is 1.17. The first kappa shape index (κ1) is 27.9. The Hall–Kier alpha value is -3.67. The number of ketones is 1. The smallest absolute Gasteiger partial charge is 0.408 e. The SMILES string of the molecule is CC(NC(=O)OCc1ccccc1)C(=O)Nc1sc2c(c1C(=O)c1c(F)cccc1F)CCC1(CC2)OCCO1. The first-order valence-corrected chi connectivity index (χ1v) is 13.8. The second-order valence-corrected chi connectivity index (χ2v) is 10.8. The zero-order valence-corrected chi connectivity index (χ0v) is 22.6. The molecule has 1 aromatic heterocycles. The Bertz CT molecular complexity index is 1400. The molecule has 2 aromatic carbocycles. The molecule has 1 unspecified atom stereocenters. The molecular formula is C29H28F2N2O6S. The van der Waals surface area contributed by atoms with Crippen molar-refractivity contribution < 1.29 is 37.4 Å². The number of carbonyl (C=O) groups is 3. The Kier molecular flexibility index (Phi) is 8.24. The van der Waals surface area contributed by atoms with Crippen LogP contribution in [-0.4, -0.2) is 42.8 Å². The summed E-state index contributed by atoms with van der Waals surface area (Å²) < 4.78 is 46.2. The lowest BCUT2D eigenvalue weighted by Crippen LogP contribution is -2.41. The van der Waals surface area contributed by atoms with Gasteiger partial charge >= 0.3 is 6.09 Å². The minimum atomic E-state index is -1.03. The van der Waals surface area contributed by atoms with Crippen LogP contribution < -0.4 is 10.6 Å². The maximum Gasteiger partial charge on any atom is 0.408 e. The van der Waals surface area contributed by atoms with Gasteiger partial charge in [-0.05, 0) is 43.0 Å². The van der Waals surface area contributed by atoms with E-state index in [0.29, 0.717) is 44.5 Å². The number of amides is 2. The van der Waals surface area contributed by atoms with Gasteiger partial charge in [-0.15, -0.1) is 11.3 Å². The van der Waals surface area contributed by atoms with E-state index < -0.39 is 46.8 Å². The number of anilines is 1. The lowest BCUT2D eigenvalue weighted by atomic mass is 9.96. The van der Waals surface area contributed by atoms with Gasteiger partial charge in [0.25, 0.3) is 0 Å². The summed E-state index contributed by atoms with van der Waals surface area (Å²) in [7, 11) is 0. The van der Waals surface area contributed by atoms with Crippen molar-refractivity contribution in [1.82, 2.24) is 5.32 Å². The van der Waals surface area contributed by atoms with Gasteiger partial charge in [0.05, 0.1) is 24.3 Å². The van der Waals surface area contributed by atoms with E-state index in [0.717, 1.165) is 22.6 Å².